The summed E-state index contributed by atoms with van der Waals surface area (Å²) in [4.78, 5) is 11.2. The number of benzene rings is 1. The smallest absolute Gasteiger partial charge is 0.262 e. The summed E-state index contributed by atoms with van der Waals surface area (Å²) in [6, 6.07) is 5.94. The van der Waals surface area contributed by atoms with Gasteiger partial charge in [0.25, 0.3) is 5.91 Å². The van der Waals surface area contributed by atoms with Crippen LogP contribution in [-0.4, -0.2) is 30.8 Å². The molecule has 0 saturated heterocycles. The zero-order chi connectivity index (χ0) is 13.0. The normalized spacial score (nSPS) is 15.6. The minimum Gasteiger partial charge on any atom is -0.482 e. The molecule has 0 saturated carbocycles. The summed E-state index contributed by atoms with van der Waals surface area (Å²) in [5, 5.41) is 14.8. The lowest BCUT2D eigenvalue weighted by Crippen LogP contribution is -2.26. The molecule has 3 N–H and O–H groups in total. The van der Waals surface area contributed by atoms with E-state index in [0.29, 0.717) is 5.75 Å². The highest BCUT2D eigenvalue weighted by molar-refractivity contribution is 5.95. The van der Waals surface area contributed by atoms with E-state index in [0.717, 1.165) is 24.2 Å². The number of anilines is 1. The first kappa shape index (κ1) is 12.9. The number of fused-ring (bicyclic) bond motifs is 1. The van der Waals surface area contributed by atoms with E-state index in [1.807, 2.05) is 25.1 Å². The van der Waals surface area contributed by atoms with Crippen molar-refractivity contribution < 1.29 is 14.6 Å². The fourth-order valence-electron chi connectivity index (χ4n) is 1.89. The van der Waals surface area contributed by atoms with E-state index in [4.69, 9.17) is 9.84 Å². The SMILES string of the molecule is CC(NCCCO)c1ccc2c(c1)NC(=O)CO2. The lowest BCUT2D eigenvalue weighted by atomic mass is 10.1. The molecule has 0 bridgehead atoms. The first-order valence-electron chi connectivity index (χ1n) is 6.11. The quantitative estimate of drug-likeness (QED) is 0.683. The molecule has 1 atom stereocenters. The van der Waals surface area contributed by atoms with E-state index >= 15 is 0 Å². The predicted molar refractivity (Wildman–Crippen MR) is 68.7 cm³/mol. The van der Waals surface area contributed by atoms with Crippen LogP contribution in [0.25, 0.3) is 0 Å². The molecular weight excluding hydrogens is 232 g/mol. The second-order valence-electron chi connectivity index (χ2n) is 4.35. The van der Waals surface area contributed by atoms with Crippen molar-refractivity contribution in [3.05, 3.63) is 23.8 Å². The number of ether oxygens (including phenoxy) is 1. The average Bonchev–Trinajstić information content (AvgIpc) is 2.38. The maximum absolute atomic E-state index is 11.2. The van der Waals surface area contributed by atoms with Crippen molar-refractivity contribution in [3.63, 3.8) is 0 Å². The van der Waals surface area contributed by atoms with Crippen LogP contribution < -0.4 is 15.4 Å². The average molecular weight is 250 g/mol. The van der Waals surface area contributed by atoms with Crippen LogP contribution in [0.5, 0.6) is 5.75 Å². The van der Waals surface area contributed by atoms with Crippen molar-refractivity contribution in [1.82, 2.24) is 5.32 Å². The Hall–Kier alpha value is -1.59. The van der Waals surface area contributed by atoms with Crippen molar-refractivity contribution >= 4 is 11.6 Å². The Bertz CT molecular complexity index is 434. The lowest BCUT2D eigenvalue weighted by Gasteiger charge is -2.20. The number of carbonyl (C=O) groups excluding carboxylic acids is 1. The Kier molecular flexibility index (Phi) is 4.17. The topological polar surface area (TPSA) is 70.6 Å². The molecule has 0 fully saturated rings. The Morgan fingerprint density at radius 1 is 1.56 bits per heavy atom. The monoisotopic (exact) mass is 250 g/mol. The molecular formula is C13H18N2O3. The molecule has 5 nitrogen and oxygen atoms in total. The summed E-state index contributed by atoms with van der Waals surface area (Å²) in [6.07, 6.45) is 0.731. The van der Waals surface area contributed by atoms with Gasteiger partial charge in [0.2, 0.25) is 0 Å². The third-order valence-corrected chi connectivity index (χ3v) is 2.92. The first-order chi connectivity index (χ1) is 8.70. The molecule has 0 aliphatic carbocycles. The van der Waals surface area contributed by atoms with Gasteiger partial charge >= 0.3 is 0 Å². The predicted octanol–water partition coefficient (Wildman–Crippen LogP) is 1.05. The Balaban J connectivity index is 2.05. The molecule has 0 aromatic heterocycles. The van der Waals surface area contributed by atoms with Crippen molar-refractivity contribution in [2.45, 2.75) is 19.4 Å². The number of aliphatic hydroxyl groups excluding tert-OH is 1. The minimum atomic E-state index is -0.124. The fourth-order valence-corrected chi connectivity index (χ4v) is 1.89. The van der Waals surface area contributed by atoms with Gasteiger partial charge in [0, 0.05) is 12.6 Å². The molecule has 0 spiro atoms. The van der Waals surface area contributed by atoms with Crippen LogP contribution in [0.4, 0.5) is 5.69 Å². The molecule has 0 radical (unpaired) electrons. The van der Waals surface area contributed by atoms with Crippen LogP contribution in [0.1, 0.15) is 24.9 Å². The summed E-state index contributed by atoms with van der Waals surface area (Å²) < 4.78 is 5.30. The van der Waals surface area contributed by atoms with Gasteiger partial charge in [-0.05, 0) is 37.6 Å². The fraction of sp³-hybridized carbons (Fsp3) is 0.462. The van der Waals surface area contributed by atoms with Gasteiger partial charge in [-0.15, -0.1) is 0 Å². The lowest BCUT2D eigenvalue weighted by molar-refractivity contribution is -0.118. The molecule has 98 valence electrons. The summed E-state index contributed by atoms with van der Waals surface area (Å²) in [7, 11) is 0. The zero-order valence-electron chi connectivity index (χ0n) is 10.4. The van der Waals surface area contributed by atoms with Gasteiger partial charge in [0.15, 0.2) is 6.61 Å². The number of aliphatic hydroxyl groups is 1. The van der Waals surface area contributed by atoms with E-state index in [-0.39, 0.29) is 25.2 Å². The largest absolute Gasteiger partial charge is 0.482 e. The molecule has 5 heteroatoms. The van der Waals surface area contributed by atoms with Crippen LogP contribution in [-0.2, 0) is 4.79 Å². The van der Waals surface area contributed by atoms with Crippen molar-refractivity contribution in [2.24, 2.45) is 0 Å². The third-order valence-electron chi connectivity index (χ3n) is 2.92. The molecule has 1 aliphatic rings. The van der Waals surface area contributed by atoms with E-state index in [1.54, 1.807) is 0 Å². The molecule has 1 aliphatic heterocycles. The van der Waals surface area contributed by atoms with Gasteiger partial charge < -0.3 is 20.5 Å². The van der Waals surface area contributed by atoms with Crippen molar-refractivity contribution in [1.29, 1.82) is 0 Å². The highest BCUT2D eigenvalue weighted by Crippen LogP contribution is 2.30. The van der Waals surface area contributed by atoms with Crippen LogP contribution >= 0.6 is 0 Å². The van der Waals surface area contributed by atoms with Gasteiger partial charge in [-0.25, -0.2) is 0 Å². The van der Waals surface area contributed by atoms with Gasteiger partial charge in [-0.3, -0.25) is 4.79 Å². The second kappa shape index (κ2) is 5.84. The standard InChI is InChI=1S/C13H18N2O3/c1-9(14-5-2-6-16)10-3-4-12-11(7-10)15-13(17)8-18-12/h3-4,7,9,14,16H,2,5-6,8H2,1H3,(H,15,17). The Labute approximate surface area is 106 Å². The summed E-state index contributed by atoms with van der Waals surface area (Å²) in [5.41, 5.74) is 1.80. The second-order valence-corrected chi connectivity index (χ2v) is 4.35. The number of rotatable bonds is 5. The van der Waals surface area contributed by atoms with Crippen LogP contribution in [0.2, 0.25) is 0 Å². The molecule has 1 unspecified atom stereocenters. The Morgan fingerprint density at radius 3 is 3.17 bits per heavy atom. The highest BCUT2D eigenvalue weighted by Gasteiger charge is 2.17. The summed E-state index contributed by atoms with van der Waals surface area (Å²) in [5.74, 6) is 0.585. The number of carbonyl (C=O) groups is 1. The minimum absolute atomic E-state index is 0.0800. The molecule has 2 rings (SSSR count). The van der Waals surface area contributed by atoms with E-state index in [9.17, 15) is 4.79 Å². The van der Waals surface area contributed by atoms with E-state index in [1.165, 1.54) is 0 Å². The summed E-state index contributed by atoms with van der Waals surface area (Å²) >= 11 is 0. The summed E-state index contributed by atoms with van der Waals surface area (Å²) in [6.45, 7) is 3.08. The molecule has 1 aromatic rings. The van der Waals surface area contributed by atoms with E-state index in [2.05, 4.69) is 10.6 Å². The Morgan fingerprint density at radius 2 is 2.39 bits per heavy atom. The molecule has 1 aromatic carbocycles. The van der Waals surface area contributed by atoms with Gasteiger partial charge in [0.1, 0.15) is 5.75 Å². The van der Waals surface area contributed by atoms with Crippen molar-refractivity contribution in [2.75, 3.05) is 25.1 Å². The molecule has 18 heavy (non-hydrogen) atoms. The number of amides is 1. The highest BCUT2D eigenvalue weighted by atomic mass is 16.5. The van der Waals surface area contributed by atoms with Crippen LogP contribution in [0, 0.1) is 0 Å². The first-order valence-corrected chi connectivity index (χ1v) is 6.11. The van der Waals surface area contributed by atoms with Gasteiger partial charge in [0.05, 0.1) is 5.69 Å². The zero-order valence-corrected chi connectivity index (χ0v) is 10.4. The number of nitrogens with one attached hydrogen (secondary N) is 2. The maximum atomic E-state index is 11.2. The maximum Gasteiger partial charge on any atom is 0.262 e. The van der Waals surface area contributed by atoms with E-state index < -0.39 is 0 Å². The number of hydrogen-bond acceptors (Lipinski definition) is 4. The number of hydrogen-bond donors (Lipinski definition) is 3. The molecule has 1 heterocycles. The van der Waals surface area contributed by atoms with Gasteiger partial charge in [-0.1, -0.05) is 6.07 Å². The van der Waals surface area contributed by atoms with Crippen LogP contribution in [0.3, 0.4) is 0 Å². The third kappa shape index (κ3) is 3.00. The van der Waals surface area contributed by atoms with Gasteiger partial charge in [-0.2, -0.15) is 0 Å². The van der Waals surface area contributed by atoms with Crippen LogP contribution in [0.15, 0.2) is 18.2 Å². The van der Waals surface area contributed by atoms with Crippen molar-refractivity contribution in [3.8, 4) is 5.75 Å². The molecule has 1 amide bonds.